The van der Waals surface area contributed by atoms with Crippen LogP contribution in [0.25, 0.3) is 11.5 Å². The molecule has 1 aliphatic rings. The molecule has 92 valence electrons. The highest BCUT2D eigenvalue weighted by Crippen LogP contribution is 2.28. The third kappa shape index (κ3) is 1.97. The largest absolute Gasteiger partial charge is 0.308 e. The number of aromatic nitrogens is 3. The minimum atomic E-state index is 0.621. The molecule has 0 unspecified atom stereocenters. The molecular weight excluding hydrogens is 294 g/mol. The number of pyridine rings is 1. The van der Waals surface area contributed by atoms with E-state index in [1.54, 1.807) is 6.20 Å². The fraction of sp³-hybridized carbons (Fsp3) is 0.250. The van der Waals surface area contributed by atoms with Gasteiger partial charge in [-0.05, 0) is 47.3 Å². The first kappa shape index (κ1) is 11.6. The monoisotopic (exact) mass is 305 g/mol. The summed E-state index contributed by atoms with van der Waals surface area (Å²) < 4.78 is 0.935. The molecule has 2 aromatic rings. The van der Waals surface area contributed by atoms with E-state index in [1.165, 1.54) is 0 Å². The summed E-state index contributed by atoms with van der Waals surface area (Å²) in [5.41, 5.74) is 5.63. The lowest BCUT2D eigenvalue weighted by molar-refractivity contribution is 0.899. The van der Waals surface area contributed by atoms with E-state index in [9.17, 15) is 0 Å². The molecule has 3 N–H and O–H groups in total. The Labute approximate surface area is 113 Å². The van der Waals surface area contributed by atoms with Crippen LogP contribution in [0, 0.1) is 0 Å². The van der Waals surface area contributed by atoms with Crippen LogP contribution >= 0.6 is 15.9 Å². The predicted octanol–water partition coefficient (Wildman–Crippen LogP) is 2.08. The van der Waals surface area contributed by atoms with Crippen LogP contribution in [0.15, 0.2) is 22.8 Å². The third-order valence-electron chi connectivity index (χ3n) is 3.03. The van der Waals surface area contributed by atoms with Crippen molar-refractivity contribution in [3.8, 4) is 11.5 Å². The normalized spacial score (nSPS) is 13.4. The van der Waals surface area contributed by atoms with Crippen molar-refractivity contribution in [2.24, 2.45) is 5.84 Å². The average molecular weight is 306 g/mol. The molecule has 0 amide bonds. The van der Waals surface area contributed by atoms with Crippen molar-refractivity contribution in [3.63, 3.8) is 0 Å². The first-order chi connectivity index (χ1) is 8.78. The summed E-state index contributed by atoms with van der Waals surface area (Å²) in [5, 5.41) is 0. The van der Waals surface area contributed by atoms with Gasteiger partial charge in [0.2, 0.25) is 0 Å². The highest BCUT2D eigenvalue weighted by atomic mass is 79.9. The van der Waals surface area contributed by atoms with Crippen LogP contribution in [0.3, 0.4) is 0 Å². The van der Waals surface area contributed by atoms with Crippen molar-refractivity contribution in [3.05, 3.63) is 34.1 Å². The minimum Gasteiger partial charge on any atom is -0.308 e. The molecule has 5 nitrogen and oxygen atoms in total. The molecule has 2 aromatic heterocycles. The lowest BCUT2D eigenvalue weighted by atomic mass is 10.2. The molecule has 3 rings (SSSR count). The van der Waals surface area contributed by atoms with Gasteiger partial charge in [-0.25, -0.2) is 15.8 Å². The zero-order chi connectivity index (χ0) is 12.5. The first-order valence-corrected chi connectivity index (χ1v) is 6.55. The molecular formula is C12H12BrN5. The number of nitrogens with two attached hydrogens (primary N) is 1. The fourth-order valence-corrected chi connectivity index (χ4v) is 2.41. The number of nitrogens with one attached hydrogen (secondary N) is 1. The zero-order valence-corrected chi connectivity index (χ0v) is 11.2. The molecule has 0 aromatic carbocycles. The van der Waals surface area contributed by atoms with Crippen molar-refractivity contribution in [2.75, 3.05) is 5.43 Å². The van der Waals surface area contributed by atoms with Gasteiger partial charge in [-0.15, -0.1) is 0 Å². The number of nitrogens with zero attached hydrogens (tertiary/aromatic N) is 3. The Morgan fingerprint density at radius 1 is 1.22 bits per heavy atom. The van der Waals surface area contributed by atoms with E-state index in [-0.39, 0.29) is 0 Å². The van der Waals surface area contributed by atoms with Gasteiger partial charge >= 0.3 is 0 Å². The fourth-order valence-electron chi connectivity index (χ4n) is 2.17. The van der Waals surface area contributed by atoms with Gasteiger partial charge in [-0.3, -0.25) is 4.98 Å². The standard InChI is InChI=1S/C12H12BrN5/c13-7-4-5-10(15-6-7)12-16-9-3-1-2-8(9)11(17-12)18-14/h4-6H,1-3,14H2,(H,16,17,18). The molecule has 0 aliphatic heterocycles. The van der Waals surface area contributed by atoms with Crippen LogP contribution in [0.1, 0.15) is 17.7 Å². The van der Waals surface area contributed by atoms with Crippen LogP contribution < -0.4 is 11.3 Å². The Hall–Kier alpha value is -1.53. The van der Waals surface area contributed by atoms with Crippen LogP contribution in [-0.2, 0) is 12.8 Å². The number of fused-ring (bicyclic) bond motifs is 1. The van der Waals surface area contributed by atoms with E-state index in [2.05, 4.69) is 36.3 Å². The van der Waals surface area contributed by atoms with E-state index in [0.717, 1.165) is 46.5 Å². The summed E-state index contributed by atoms with van der Waals surface area (Å²) >= 11 is 3.36. The topological polar surface area (TPSA) is 76.7 Å². The maximum absolute atomic E-state index is 5.53. The van der Waals surface area contributed by atoms with E-state index >= 15 is 0 Å². The molecule has 1 aliphatic carbocycles. The highest BCUT2D eigenvalue weighted by molar-refractivity contribution is 9.10. The number of halogens is 1. The number of nitrogen functional groups attached to an aromatic ring is 1. The predicted molar refractivity (Wildman–Crippen MR) is 72.8 cm³/mol. The lowest BCUT2D eigenvalue weighted by Gasteiger charge is -2.08. The summed E-state index contributed by atoms with van der Waals surface area (Å²) in [7, 11) is 0. The van der Waals surface area contributed by atoms with Crippen LogP contribution in [0.4, 0.5) is 5.82 Å². The maximum Gasteiger partial charge on any atom is 0.180 e. The second kappa shape index (κ2) is 4.62. The van der Waals surface area contributed by atoms with Gasteiger partial charge in [0.1, 0.15) is 11.5 Å². The smallest absolute Gasteiger partial charge is 0.180 e. The van der Waals surface area contributed by atoms with Gasteiger partial charge in [0.15, 0.2) is 5.82 Å². The number of hydrogen-bond acceptors (Lipinski definition) is 5. The second-order valence-corrected chi connectivity index (χ2v) is 5.10. The number of anilines is 1. The Morgan fingerprint density at radius 2 is 2.11 bits per heavy atom. The molecule has 0 fully saturated rings. The second-order valence-electron chi connectivity index (χ2n) is 4.18. The third-order valence-corrected chi connectivity index (χ3v) is 3.50. The lowest BCUT2D eigenvalue weighted by Crippen LogP contribution is -2.13. The van der Waals surface area contributed by atoms with Gasteiger partial charge in [-0.2, -0.15) is 0 Å². The molecule has 2 heterocycles. The Morgan fingerprint density at radius 3 is 2.83 bits per heavy atom. The van der Waals surface area contributed by atoms with Crippen molar-refractivity contribution in [2.45, 2.75) is 19.3 Å². The number of aryl methyl sites for hydroxylation is 1. The van der Waals surface area contributed by atoms with Gasteiger partial charge in [0, 0.05) is 21.9 Å². The molecule has 0 saturated heterocycles. The zero-order valence-electron chi connectivity index (χ0n) is 9.65. The number of hydrazine groups is 1. The maximum atomic E-state index is 5.53. The van der Waals surface area contributed by atoms with Crippen LogP contribution in [0.5, 0.6) is 0 Å². The van der Waals surface area contributed by atoms with Crippen LogP contribution in [-0.4, -0.2) is 15.0 Å². The molecule has 18 heavy (non-hydrogen) atoms. The molecule has 0 saturated carbocycles. The molecule has 0 bridgehead atoms. The van der Waals surface area contributed by atoms with Crippen molar-refractivity contribution in [1.29, 1.82) is 0 Å². The van der Waals surface area contributed by atoms with Gasteiger partial charge < -0.3 is 5.43 Å². The molecule has 6 heteroatoms. The average Bonchev–Trinajstić information content (AvgIpc) is 2.86. The SMILES string of the molecule is NNc1nc(-c2ccc(Br)cn2)nc2c1CCC2. The van der Waals surface area contributed by atoms with Crippen molar-refractivity contribution in [1.82, 2.24) is 15.0 Å². The summed E-state index contributed by atoms with van der Waals surface area (Å²) in [5.74, 6) is 6.87. The van der Waals surface area contributed by atoms with Gasteiger partial charge in [-0.1, -0.05) is 0 Å². The van der Waals surface area contributed by atoms with E-state index < -0.39 is 0 Å². The van der Waals surface area contributed by atoms with Crippen molar-refractivity contribution < 1.29 is 0 Å². The molecule has 0 spiro atoms. The first-order valence-electron chi connectivity index (χ1n) is 5.76. The minimum absolute atomic E-state index is 0.621. The summed E-state index contributed by atoms with van der Waals surface area (Å²) in [4.78, 5) is 13.3. The summed E-state index contributed by atoms with van der Waals surface area (Å²) in [6, 6.07) is 3.82. The Balaban J connectivity index is 2.10. The van der Waals surface area contributed by atoms with E-state index in [0.29, 0.717) is 5.82 Å². The van der Waals surface area contributed by atoms with E-state index in [4.69, 9.17) is 5.84 Å². The summed E-state index contributed by atoms with van der Waals surface area (Å²) in [6.07, 6.45) is 4.82. The Kier molecular flexibility index (Phi) is 2.97. The highest BCUT2D eigenvalue weighted by Gasteiger charge is 2.19. The van der Waals surface area contributed by atoms with E-state index in [1.807, 2.05) is 12.1 Å². The molecule has 0 radical (unpaired) electrons. The van der Waals surface area contributed by atoms with Gasteiger partial charge in [0.25, 0.3) is 0 Å². The number of hydrogen-bond donors (Lipinski definition) is 2. The Bertz CT molecular complexity index is 582. The van der Waals surface area contributed by atoms with Gasteiger partial charge in [0.05, 0.1) is 0 Å². The van der Waals surface area contributed by atoms with Crippen molar-refractivity contribution >= 4 is 21.7 Å². The van der Waals surface area contributed by atoms with Crippen LogP contribution in [0.2, 0.25) is 0 Å². The quantitative estimate of drug-likeness (QED) is 0.656. The summed E-state index contributed by atoms with van der Waals surface area (Å²) in [6.45, 7) is 0. The molecule has 0 atom stereocenters. The number of rotatable bonds is 2.